The average Bonchev–Trinajstić information content (AvgIpc) is 3.66. The van der Waals surface area contributed by atoms with Gasteiger partial charge in [0.05, 0.1) is 17.3 Å². The molecule has 9 nitrogen and oxygen atoms in total. The lowest BCUT2D eigenvalue weighted by molar-refractivity contribution is -0.125. The fourth-order valence-electron chi connectivity index (χ4n) is 8.05. The summed E-state index contributed by atoms with van der Waals surface area (Å²) in [6, 6.07) is 17.6. The van der Waals surface area contributed by atoms with E-state index >= 15 is 0 Å². The molecule has 258 valence electrons. The molecule has 2 saturated carbocycles. The van der Waals surface area contributed by atoms with Crippen molar-refractivity contribution in [3.63, 3.8) is 0 Å². The fraction of sp³-hybridized carbons (Fsp3) is 0.487. The van der Waals surface area contributed by atoms with Gasteiger partial charge >= 0.3 is 5.69 Å². The number of halogens is 1. The topological polar surface area (TPSA) is 92.5 Å². The highest BCUT2D eigenvalue weighted by atomic mass is 19.1. The van der Waals surface area contributed by atoms with Gasteiger partial charge in [0.15, 0.2) is 5.65 Å². The van der Waals surface area contributed by atoms with Gasteiger partial charge in [-0.2, -0.15) is 0 Å². The average molecular weight is 667 g/mol. The Kier molecular flexibility index (Phi) is 9.78. The van der Waals surface area contributed by atoms with Crippen LogP contribution in [0.4, 0.5) is 4.39 Å². The van der Waals surface area contributed by atoms with Gasteiger partial charge in [-0.15, -0.1) is 0 Å². The summed E-state index contributed by atoms with van der Waals surface area (Å²) in [4.78, 5) is 50.1. The molecular formula is C39H47FN6O3. The number of carbonyl (C=O) groups is 1. The summed E-state index contributed by atoms with van der Waals surface area (Å²) in [6.07, 6.45) is 7.62. The molecular weight excluding hydrogens is 619 g/mol. The van der Waals surface area contributed by atoms with Crippen molar-refractivity contribution >= 4 is 16.9 Å². The number of carbonyl (C=O) groups excluding carboxylic acids is 1. The summed E-state index contributed by atoms with van der Waals surface area (Å²) in [5.41, 5.74) is 2.87. The van der Waals surface area contributed by atoms with Crippen LogP contribution in [0, 0.1) is 11.7 Å². The first kappa shape index (κ1) is 33.4. The zero-order valence-corrected chi connectivity index (χ0v) is 28.6. The van der Waals surface area contributed by atoms with Crippen molar-refractivity contribution in [3.8, 4) is 16.8 Å². The van der Waals surface area contributed by atoms with Gasteiger partial charge < -0.3 is 5.32 Å². The van der Waals surface area contributed by atoms with Crippen LogP contribution in [-0.2, 0) is 11.3 Å². The number of pyridine rings is 1. The molecule has 2 aromatic carbocycles. The second-order valence-electron chi connectivity index (χ2n) is 14.5. The predicted molar refractivity (Wildman–Crippen MR) is 190 cm³/mol. The van der Waals surface area contributed by atoms with Gasteiger partial charge in [0.25, 0.3) is 5.56 Å². The standard InChI is InChI=1S/C39H47FN6O3/c1-26(2)44-20-18-43(19-21-44)25-27-10-12-28(13-11-27)30-8-5-9-34(22-30)45-36-35(23-31(40)24-41-36)38(48)46(39(45)49)33-16-14-32(15-17-33)42-37(47)29-6-3-4-7-29/h5,8-13,22-24,26,29,32-33H,3-4,6-7,14-21,25H2,1-2H3,(H,42,47)/t32-,33+. The Morgan fingerprint density at radius 2 is 1.61 bits per heavy atom. The van der Waals surface area contributed by atoms with Crippen LogP contribution in [0.3, 0.4) is 0 Å². The van der Waals surface area contributed by atoms with Crippen molar-refractivity contribution in [1.82, 2.24) is 29.2 Å². The van der Waals surface area contributed by atoms with Gasteiger partial charge in [0, 0.05) is 56.8 Å². The first-order valence-electron chi connectivity index (χ1n) is 18.0. The van der Waals surface area contributed by atoms with Crippen LogP contribution in [0.25, 0.3) is 27.8 Å². The molecule has 1 N–H and O–H groups in total. The van der Waals surface area contributed by atoms with Crippen LogP contribution in [0.2, 0.25) is 0 Å². The number of nitrogens with zero attached hydrogens (tertiary/aromatic N) is 5. The Hall–Kier alpha value is -4.15. The van der Waals surface area contributed by atoms with Crippen LogP contribution in [0.5, 0.6) is 0 Å². The minimum Gasteiger partial charge on any atom is -0.353 e. The fourth-order valence-corrected chi connectivity index (χ4v) is 8.05. The van der Waals surface area contributed by atoms with Crippen molar-refractivity contribution < 1.29 is 9.18 Å². The van der Waals surface area contributed by atoms with Crippen molar-refractivity contribution in [1.29, 1.82) is 0 Å². The Labute approximate surface area is 286 Å². The molecule has 2 aliphatic carbocycles. The number of nitrogens with one attached hydrogen (secondary N) is 1. The van der Waals surface area contributed by atoms with Crippen molar-refractivity contribution in [2.45, 2.75) is 89.9 Å². The third kappa shape index (κ3) is 7.12. The number of piperazine rings is 1. The van der Waals surface area contributed by atoms with Crippen molar-refractivity contribution in [2.24, 2.45) is 5.92 Å². The van der Waals surface area contributed by atoms with Gasteiger partial charge in [-0.3, -0.25) is 24.0 Å². The number of aromatic nitrogens is 3. The van der Waals surface area contributed by atoms with Crippen molar-refractivity contribution in [3.05, 3.63) is 93.0 Å². The third-order valence-electron chi connectivity index (χ3n) is 11.0. The Balaban J connectivity index is 1.14. The number of benzene rings is 2. The Morgan fingerprint density at radius 1 is 0.898 bits per heavy atom. The van der Waals surface area contributed by atoms with E-state index in [1.165, 1.54) is 20.8 Å². The number of fused-ring (bicyclic) bond motifs is 1. The molecule has 0 bridgehead atoms. The van der Waals surface area contributed by atoms with Gasteiger partial charge in [-0.25, -0.2) is 18.7 Å². The first-order chi connectivity index (χ1) is 23.7. The van der Waals surface area contributed by atoms with E-state index in [1.54, 1.807) is 0 Å². The van der Waals surface area contributed by atoms with Crippen LogP contribution in [0.15, 0.2) is 70.4 Å². The molecule has 2 aromatic heterocycles. The monoisotopic (exact) mass is 666 g/mol. The van der Waals surface area contributed by atoms with Crippen LogP contribution in [-0.4, -0.2) is 68.1 Å². The molecule has 0 atom stereocenters. The molecule has 0 radical (unpaired) electrons. The van der Waals surface area contributed by atoms with E-state index in [2.05, 4.69) is 58.2 Å². The maximum atomic E-state index is 14.5. The number of amides is 1. The Bertz CT molecular complexity index is 1910. The van der Waals surface area contributed by atoms with Gasteiger partial charge in [-0.1, -0.05) is 49.2 Å². The summed E-state index contributed by atoms with van der Waals surface area (Å²) >= 11 is 0. The molecule has 4 aromatic rings. The molecule has 0 unspecified atom stereocenters. The largest absolute Gasteiger partial charge is 0.353 e. The molecule has 1 saturated heterocycles. The highest BCUT2D eigenvalue weighted by Crippen LogP contribution is 2.30. The molecule has 3 aliphatic rings. The van der Waals surface area contributed by atoms with Gasteiger partial charge in [0.1, 0.15) is 5.82 Å². The minimum absolute atomic E-state index is 0.0278. The smallest absolute Gasteiger partial charge is 0.337 e. The van der Waals surface area contributed by atoms with E-state index in [0.29, 0.717) is 37.4 Å². The molecule has 0 spiro atoms. The molecule has 7 rings (SSSR count). The maximum Gasteiger partial charge on any atom is 0.337 e. The SMILES string of the molecule is CC(C)N1CCN(Cc2ccc(-c3cccc(-n4c(=O)n([C@H]5CC[C@@H](NC(=O)C6CCCC6)CC5)c(=O)c5cc(F)cnc54)c3)cc2)CC1. The number of hydrogen-bond acceptors (Lipinski definition) is 6. The van der Waals surface area contributed by atoms with E-state index in [9.17, 15) is 18.8 Å². The quantitative estimate of drug-likeness (QED) is 0.261. The van der Waals surface area contributed by atoms with Gasteiger partial charge in [-0.05, 0) is 87.3 Å². The predicted octanol–water partition coefficient (Wildman–Crippen LogP) is 5.67. The highest BCUT2D eigenvalue weighted by Gasteiger charge is 2.30. The second kappa shape index (κ2) is 14.4. The molecule has 3 heterocycles. The lowest BCUT2D eigenvalue weighted by atomic mass is 9.90. The summed E-state index contributed by atoms with van der Waals surface area (Å²) in [5, 5.41) is 3.28. The number of rotatable bonds is 8. The van der Waals surface area contributed by atoms with E-state index < -0.39 is 17.1 Å². The minimum atomic E-state index is -0.629. The molecule has 1 aliphatic heterocycles. The van der Waals surface area contributed by atoms with E-state index in [-0.39, 0.29) is 34.9 Å². The molecule has 49 heavy (non-hydrogen) atoms. The van der Waals surface area contributed by atoms with Gasteiger partial charge in [0.2, 0.25) is 5.91 Å². The highest BCUT2D eigenvalue weighted by molar-refractivity contribution is 5.79. The maximum absolute atomic E-state index is 14.5. The zero-order valence-electron chi connectivity index (χ0n) is 28.6. The van der Waals surface area contributed by atoms with Crippen LogP contribution in [0.1, 0.15) is 76.8 Å². The normalized spacial score (nSPS) is 21.1. The number of hydrogen-bond donors (Lipinski definition) is 1. The lowest BCUT2D eigenvalue weighted by Crippen LogP contribution is -2.48. The van der Waals surface area contributed by atoms with E-state index in [4.69, 9.17) is 0 Å². The Morgan fingerprint density at radius 3 is 2.31 bits per heavy atom. The summed E-state index contributed by atoms with van der Waals surface area (Å²) in [6.45, 7) is 9.71. The van der Waals surface area contributed by atoms with Crippen LogP contribution < -0.4 is 16.6 Å². The molecule has 10 heteroatoms. The third-order valence-corrected chi connectivity index (χ3v) is 11.0. The summed E-state index contributed by atoms with van der Waals surface area (Å²) < 4.78 is 17.2. The van der Waals surface area contributed by atoms with Crippen LogP contribution >= 0.6 is 0 Å². The first-order valence-corrected chi connectivity index (χ1v) is 18.0. The van der Waals surface area contributed by atoms with E-state index in [1.807, 2.05) is 24.3 Å². The lowest BCUT2D eigenvalue weighted by Gasteiger charge is -2.36. The molecule has 3 fully saturated rings. The summed E-state index contributed by atoms with van der Waals surface area (Å²) in [5.74, 6) is -0.405. The zero-order chi connectivity index (χ0) is 34.1. The molecule has 1 amide bonds. The second-order valence-corrected chi connectivity index (χ2v) is 14.5. The summed E-state index contributed by atoms with van der Waals surface area (Å²) in [7, 11) is 0. The van der Waals surface area contributed by atoms with E-state index in [0.717, 1.165) is 75.7 Å². The van der Waals surface area contributed by atoms with Crippen molar-refractivity contribution in [2.75, 3.05) is 26.2 Å².